The molecule has 0 radical (unpaired) electrons. The number of anilines is 1. The molecular formula is C14H21N3O2S. The second-order valence-corrected chi connectivity index (χ2v) is 7.30. The van der Waals surface area contributed by atoms with E-state index in [-0.39, 0.29) is 23.1 Å². The minimum absolute atomic E-state index is 0.00706. The van der Waals surface area contributed by atoms with Crippen molar-refractivity contribution in [2.24, 2.45) is 11.1 Å². The molecule has 0 aliphatic heterocycles. The molecule has 6 heteroatoms. The zero-order valence-electron chi connectivity index (χ0n) is 12.2. The molecule has 3 N–H and O–H groups in total. The van der Waals surface area contributed by atoms with Crippen LogP contribution in [0.25, 0.3) is 0 Å². The van der Waals surface area contributed by atoms with Crippen LogP contribution in [-0.4, -0.2) is 22.7 Å². The van der Waals surface area contributed by atoms with Crippen LogP contribution in [0.3, 0.4) is 0 Å². The number of hydrogen-bond donors (Lipinski definition) is 2. The van der Waals surface area contributed by atoms with Crippen molar-refractivity contribution in [3.8, 4) is 0 Å². The fourth-order valence-electron chi connectivity index (χ4n) is 2.31. The highest BCUT2D eigenvalue weighted by Gasteiger charge is 2.34. The van der Waals surface area contributed by atoms with Gasteiger partial charge in [0, 0.05) is 18.9 Å². The number of aromatic nitrogens is 1. The van der Waals surface area contributed by atoms with Crippen LogP contribution in [-0.2, 0) is 11.2 Å². The highest BCUT2D eigenvalue weighted by Crippen LogP contribution is 2.38. The molecule has 1 heterocycles. The number of nitrogens with two attached hydrogens (primary N) is 1. The Morgan fingerprint density at radius 1 is 1.50 bits per heavy atom. The molecule has 0 saturated carbocycles. The summed E-state index contributed by atoms with van der Waals surface area (Å²) in [7, 11) is 0. The van der Waals surface area contributed by atoms with Gasteiger partial charge in [-0.2, -0.15) is 0 Å². The molecule has 1 unspecified atom stereocenters. The normalized spacial score (nSPS) is 18.5. The van der Waals surface area contributed by atoms with E-state index in [4.69, 9.17) is 5.73 Å². The molecule has 1 aromatic rings. The van der Waals surface area contributed by atoms with Crippen molar-refractivity contribution in [3.05, 3.63) is 10.6 Å². The maximum atomic E-state index is 12.1. The van der Waals surface area contributed by atoms with Gasteiger partial charge in [0.1, 0.15) is 0 Å². The number of carbonyl (C=O) groups excluding carboxylic acids is 2. The molecule has 1 amide bonds. The van der Waals surface area contributed by atoms with E-state index >= 15 is 0 Å². The third-order valence-electron chi connectivity index (χ3n) is 3.31. The van der Waals surface area contributed by atoms with Gasteiger partial charge in [-0.25, -0.2) is 4.98 Å². The first-order valence-corrected chi connectivity index (χ1v) is 7.67. The maximum absolute atomic E-state index is 12.1. The standard InChI is InChI=1S/C14H21N3O2S/c1-8(15)4-5-11(19)17-13-16-9-6-14(2,3)7-10(18)12(9)20-13/h8H,4-7,15H2,1-3H3,(H,16,17,19). The Balaban J connectivity index is 2.06. The lowest BCUT2D eigenvalue weighted by Crippen LogP contribution is -2.26. The summed E-state index contributed by atoms with van der Waals surface area (Å²) in [5, 5.41) is 3.29. The van der Waals surface area contributed by atoms with E-state index in [2.05, 4.69) is 24.1 Å². The van der Waals surface area contributed by atoms with Crippen molar-refractivity contribution in [3.63, 3.8) is 0 Å². The van der Waals surface area contributed by atoms with Crippen LogP contribution in [0.5, 0.6) is 0 Å². The number of carbonyl (C=O) groups is 2. The summed E-state index contributed by atoms with van der Waals surface area (Å²) in [4.78, 5) is 28.9. The summed E-state index contributed by atoms with van der Waals surface area (Å²) in [5.41, 5.74) is 6.40. The van der Waals surface area contributed by atoms with Crippen LogP contribution in [0.4, 0.5) is 5.13 Å². The zero-order valence-corrected chi connectivity index (χ0v) is 13.0. The molecule has 5 nitrogen and oxygen atoms in total. The second kappa shape index (κ2) is 5.61. The molecule has 1 aliphatic rings. The van der Waals surface area contributed by atoms with Gasteiger partial charge in [-0.3, -0.25) is 9.59 Å². The largest absolute Gasteiger partial charge is 0.328 e. The number of ketones is 1. The molecule has 1 atom stereocenters. The molecular weight excluding hydrogens is 274 g/mol. The van der Waals surface area contributed by atoms with Crippen molar-refractivity contribution in [1.29, 1.82) is 0 Å². The fourth-order valence-corrected chi connectivity index (χ4v) is 3.25. The van der Waals surface area contributed by atoms with Crippen LogP contribution in [0.1, 0.15) is 55.4 Å². The number of nitrogens with zero attached hydrogens (tertiary/aromatic N) is 1. The topological polar surface area (TPSA) is 85.1 Å². The molecule has 1 aliphatic carbocycles. The van der Waals surface area contributed by atoms with E-state index in [1.54, 1.807) is 0 Å². The average molecular weight is 295 g/mol. The number of Topliss-reactive ketones (excluding diaryl/α,β-unsaturated/α-hetero) is 1. The van der Waals surface area contributed by atoms with Crippen LogP contribution in [0.2, 0.25) is 0 Å². The molecule has 110 valence electrons. The van der Waals surface area contributed by atoms with Crippen molar-refractivity contribution >= 4 is 28.2 Å². The number of rotatable bonds is 4. The molecule has 2 rings (SSSR count). The van der Waals surface area contributed by atoms with Crippen molar-refractivity contribution in [1.82, 2.24) is 4.98 Å². The molecule has 0 bridgehead atoms. The lowest BCUT2D eigenvalue weighted by molar-refractivity contribution is -0.116. The van der Waals surface area contributed by atoms with Gasteiger partial charge in [0.15, 0.2) is 10.9 Å². The highest BCUT2D eigenvalue weighted by atomic mass is 32.1. The quantitative estimate of drug-likeness (QED) is 0.893. The van der Waals surface area contributed by atoms with E-state index < -0.39 is 0 Å². The van der Waals surface area contributed by atoms with Gasteiger partial charge >= 0.3 is 0 Å². The number of amides is 1. The Hall–Kier alpha value is -1.27. The van der Waals surface area contributed by atoms with Gasteiger partial charge < -0.3 is 11.1 Å². The summed E-state index contributed by atoms with van der Waals surface area (Å²) in [6, 6.07) is 0.00706. The third-order valence-corrected chi connectivity index (χ3v) is 4.36. The first-order chi connectivity index (χ1) is 9.27. The Kier molecular flexibility index (Phi) is 4.25. The van der Waals surface area contributed by atoms with E-state index in [9.17, 15) is 9.59 Å². The van der Waals surface area contributed by atoms with Gasteiger partial charge in [0.05, 0.1) is 10.6 Å². The van der Waals surface area contributed by atoms with Crippen LogP contribution in [0, 0.1) is 5.41 Å². The number of hydrogen-bond acceptors (Lipinski definition) is 5. The minimum Gasteiger partial charge on any atom is -0.328 e. The van der Waals surface area contributed by atoms with Crippen molar-refractivity contribution < 1.29 is 9.59 Å². The predicted molar refractivity (Wildman–Crippen MR) is 80.1 cm³/mol. The number of thiazole rings is 1. The summed E-state index contributed by atoms with van der Waals surface area (Å²) >= 11 is 1.28. The summed E-state index contributed by atoms with van der Waals surface area (Å²) in [5.74, 6) is 0.0323. The predicted octanol–water partition coefficient (Wildman–Crippen LogP) is 2.36. The summed E-state index contributed by atoms with van der Waals surface area (Å²) in [6.45, 7) is 6.00. The molecule has 0 saturated heterocycles. The first kappa shape index (κ1) is 15.1. The van der Waals surface area contributed by atoms with E-state index in [1.165, 1.54) is 11.3 Å². The Bertz CT molecular complexity index is 535. The second-order valence-electron chi connectivity index (χ2n) is 6.30. The minimum atomic E-state index is -0.0971. The number of fused-ring (bicyclic) bond motifs is 1. The molecule has 0 aromatic carbocycles. The SMILES string of the molecule is CC(N)CCC(=O)Nc1nc2c(s1)C(=O)CC(C)(C)C2. The smallest absolute Gasteiger partial charge is 0.226 e. The summed E-state index contributed by atoms with van der Waals surface area (Å²) in [6.07, 6.45) is 2.34. The summed E-state index contributed by atoms with van der Waals surface area (Å²) < 4.78 is 0. The van der Waals surface area contributed by atoms with Crippen LogP contribution >= 0.6 is 11.3 Å². The zero-order chi connectivity index (χ0) is 14.9. The van der Waals surface area contributed by atoms with Gasteiger partial charge in [-0.05, 0) is 25.2 Å². The highest BCUT2D eigenvalue weighted by molar-refractivity contribution is 7.17. The van der Waals surface area contributed by atoms with Crippen molar-refractivity contribution in [2.75, 3.05) is 5.32 Å². The number of nitrogens with one attached hydrogen (secondary N) is 1. The average Bonchev–Trinajstić information content (AvgIpc) is 2.67. The molecule has 20 heavy (non-hydrogen) atoms. The van der Waals surface area contributed by atoms with Gasteiger partial charge in [0.2, 0.25) is 5.91 Å². The van der Waals surface area contributed by atoms with Gasteiger partial charge in [-0.15, -0.1) is 0 Å². The maximum Gasteiger partial charge on any atom is 0.226 e. The molecule has 0 fully saturated rings. The van der Waals surface area contributed by atoms with Gasteiger partial charge in [-0.1, -0.05) is 25.2 Å². The Morgan fingerprint density at radius 2 is 2.20 bits per heavy atom. The third kappa shape index (κ3) is 3.64. The lowest BCUT2D eigenvalue weighted by atomic mass is 9.78. The monoisotopic (exact) mass is 295 g/mol. The van der Waals surface area contributed by atoms with Crippen LogP contribution < -0.4 is 11.1 Å². The van der Waals surface area contributed by atoms with Gasteiger partial charge in [0.25, 0.3) is 0 Å². The fraction of sp³-hybridized carbons (Fsp3) is 0.643. The van der Waals surface area contributed by atoms with E-state index in [0.29, 0.717) is 29.3 Å². The van der Waals surface area contributed by atoms with Crippen molar-refractivity contribution in [2.45, 2.75) is 52.5 Å². The molecule has 0 spiro atoms. The lowest BCUT2D eigenvalue weighted by Gasteiger charge is -2.26. The van der Waals surface area contributed by atoms with Crippen LogP contribution in [0.15, 0.2) is 0 Å². The Labute approximate surface area is 123 Å². The van der Waals surface area contributed by atoms with E-state index in [0.717, 1.165) is 12.1 Å². The van der Waals surface area contributed by atoms with E-state index in [1.807, 2.05) is 6.92 Å². The molecule has 1 aromatic heterocycles. The Morgan fingerprint density at radius 3 is 2.85 bits per heavy atom. The first-order valence-electron chi connectivity index (χ1n) is 6.85.